The standard InChI is InChI=1S/C24H22/c1-3-19(2)22-15-11-20(12-16-22)9-10-21-13-17-24(18-14-21)23-7-5-4-6-8-23/h3-18H,1-2H3. The molecule has 0 saturated heterocycles. The zero-order valence-electron chi connectivity index (χ0n) is 14.2. The van der Waals surface area contributed by atoms with Gasteiger partial charge in [-0.15, -0.1) is 0 Å². The van der Waals surface area contributed by atoms with Crippen LogP contribution >= 0.6 is 0 Å². The number of benzene rings is 3. The second-order valence-electron chi connectivity index (χ2n) is 5.92. The molecule has 0 aliphatic rings. The molecule has 0 spiro atoms. The Labute approximate surface area is 144 Å². The van der Waals surface area contributed by atoms with Gasteiger partial charge in [-0.3, -0.25) is 0 Å². The molecule has 3 rings (SSSR count). The Morgan fingerprint density at radius 3 is 1.67 bits per heavy atom. The van der Waals surface area contributed by atoms with Crippen molar-refractivity contribution in [2.45, 2.75) is 13.8 Å². The molecule has 0 atom stereocenters. The minimum absolute atomic E-state index is 1.21. The molecule has 118 valence electrons. The Kier molecular flexibility index (Phi) is 5.08. The molecular formula is C24H22. The Balaban J connectivity index is 1.73. The van der Waals surface area contributed by atoms with Gasteiger partial charge in [0.25, 0.3) is 0 Å². The van der Waals surface area contributed by atoms with Crippen LogP contribution in [0.15, 0.2) is 84.9 Å². The molecule has 24 heavy (non-hydrogen) atoms. The lowest BCUT2D eigenvalue weighted by atomic mass is 10.0. The summed E-state index contributed by atoms with van der Waals surface area (Å²) in [5, 5.41) is 0. The van der Waals surface area contributed by atoms with E-state index in [4.69, 9.17) is 0 Å². The molecule has 0 unspecified atom stereocenters. The van der Waals surface area contributed by atoms with Crippen molar-refractivity contribution >= 4 is 17.7 Å². The lowest BCUT2D eigenvalue weighted by Crippen LogP contribution is -1.80. The van der Waals surface area contributed by atoms with Gasteiger partial charge in [-0.05, 0) is 47.2 Å². The van der Waals surface area contributed by atoms with Crippen molar-refractivity contribution in [1.82, 2.24) is 0 Å². The van der Waals surface area contributed by atoms with Crippen LogP contribution in [0, 0.1) is 0 Å². The molecule has 0 heteroatoms. The molecule has 0 aromatic heterocycles. The molecule has 0 N–H and O–H groups in total. The summed E-state index contributed by atoms with van der Waals surface area (Å²) >= 11 is 0. The minimum atomic E-state index is 1.21. The third kappa shape index (κ3) is 3.91. The monoisotopic (exact) mass is 310 g/mol. The van der Waals surface area contributed by atoms with Gasteiger partial charge in [-0.2, -0.15) is 0 Å². The fourth-order valence-corrected chi connectivity index (χ4v) is 2.63. The topological polar surface area (TPSA) is 0 Å². The fourth-order valence-electron chi connectivity index (χ4n) is 2.63. The van der Waals surface area contributed by atoms with Crippen LogP contribution in [0.1, 0.15) is 30.5 Å². The van der Waals surface area contributed by atoms with E-state index in [0.717, 1.165) is 0 Å². The van der Waals surface area contributed by atoms with Crippen LogP contribution in [0.5, 0.6) is 0 Å². The largest absolute Gasteiger partial charge is 0.0841 e. The minimum Gasteiger partial charge on any atom is -0.0841 e. The highest BCUT2D eigenvalue weighted by Crippen LogP contribution is 2.20. The van der Waals surface area contributed by atoms with Gasteiger partial charge in [0.05, 0.1) is 0 Å². The van der Waals surface area contributed by atoms with E-state index in [1.807, 2.05) is 6.07 Å². The maximum atomic E-state index is 2.17. The smallest absolute Gasteiger partial charge is 0.0184 e. The quantitative estimate of drug-likeness (QED) is 0.457. The Hall–Kier alpha value is -2.86. The summed E-state index contributed by atoms with van der Waals surface area (Å²) in [6, 6.07) is 27.8. The predicted octanol–water partition coefficient (Wildman–Crippen LogP) is 6.95. The highest BCUT2D eigenvalue weighted by atomic mass is 14.0. The molecule has 0 radical (unpaired) electrons. The van der Waals surface area contributed by atoms with E-state index in [0.29, 0.717) is 0 Å². The van der Waals surface area contributed by atoms with E-state index >= 15 is 0 Å². The summed E-state index contributed by atoms with van der Waals surface area (Å²) in [5.74, 6) is 0. The van der Waals surface area contributed by atoms with E-state index < -0.39 is 0 Å². The van der Waals surface area contributed by atoms with Crippen molar-refractivity contribution < 1.29 is 0 Å². The highest BCUT2D eigenvalue weighted by Gasteiger charge is 1.96. The van der Waals surface area contributed by atoms with Crippen LogP contribution in [-0.2, 0) is 0 Å². The molecule has 3 aromatic carbocycles. The Morgan fingerprint density at radius 1 is 0.625 bits per heavy atom. The molecule has 0 fully saturated rings. The maximum Gasteiger partial charge on any atom is -0.0184 e. The summed E-state index contributed by atoms with van der Waals surface area (Å²) in [7, 11) is 0. The Morgan fingerprint density at radius 2 is 1.12 bits per heavy atom. The molecular weight excluding hydrogens is 288 g/mol. The molecule has 0 nitrogen and oxygen atoms in total. The van der Waals surface area contributed by atoms with Gasteiger partial charge in [0.1, 0.15) is 0 Å². The predicted molar refractivity (Wildman–Crippen MR) is 107 cm³/mol. The highest BCUT2D eigenvalue weighted by molar-refractivity contribution is 5.73. The average Bonchev–Trinajstić information content (AvgIpc) is 2.67. The van der Waals surface area contributed by atoms with Gasteiger partial charge in [-0.1, -0.05) is 97.1 Å². The van der Waals surface area contributed by atoms with Crippen LogP contribution in [0.2, 0.25) is 0 Å². The van der Waals surface area contributed by atoms with E-state index in [1.165, 1.54) is 33.4 Å². The maximum absolute atomic E-state index is 2.17. The SMILES string of the molecule is CC=C(C)c1ccc(C=Cc2ccc(-c3ccccc3)cc2)cc1. The first kappa shape index (κ1) is 16.0. The van der Waals surface area contributed by atoms with Crippen LogP contribution in [0.3, 0.4) is 0 Å². The van der Waals surface area contributed by atoms with Crippen LogP contribution in [0.25, 0.3) is 28.9 Å². The van der Waals surface area contributed by atoms with Gasteiger partial charge in [0, 0.05) is 0 Å². The van der Waals surface area contributed by atoms with Gasteiger partial charge in [0.2, 0.25) is 0 Å². The van der Waals surface area contributed by atoms with Gasteiger partial charge < -0.3 is 0 Å². The van der Waals surface area contributed by atoms with Gasteiger partial charge in [0.15, 0.2) is 0 Å². The third-order valence-electron chi connectivity index (χ3n) is 4.29. The van der Waals surface area contributed by atoms with Crippen molar-refractivity contribution in [2.75, 3.05) is 0 Å². The molecule has 0 aliphatic carbocycles. The van der Waals surface area contributed by atoms with E-state index in [1.54, 1.807) is 0 Å². The lowest BCUT2D eigenvalue weighted by Gasteiger charge is -2.03. The second-order valence-corrected chi connectivity index (χ2v) is 5.92. The summed E-state index contributed by atoms with van der Waals surface area (Å²) in [6.07, 6.45) is 6.46. The fraction of sp³-hybridized carbons (Fsp3) is 0.0833. The van der Waals surface area contributed by atoms with E-state index in [2.05, 4.69) is 105 Å². The van der Waals surface area contributed by atoms with Gasteiger partial charge in [-0.25, -0.2) is 0 Å². The number of hydrogen-bond acceptors (Lipinski definition) is 0. The first-order valence-electron chi connectivity index (χ1n) is 8.33. The normalized spacial score (nSPS) is 11.8. The number of hydrogen-bond donors (Lipinski definition) is 0. The summed E-state index contributed by atoms with van der Waals surface area (Å²) in [4.78, 5) is 0. The molecule has 0 amide bonds. The molecule has 0 saturated carbocycles. The Bertz CT molecular complexity index is 833. The molecule has 3 aromatic rings. The third-order valence-corrected chi connectivity index (χ3v) is 4.29. The molecule has 0 heterocycles. The molecule has 0 bridgehead atoms. The van der Waals surface area contributed by atoms with Gasteiger partial charge >= 0.3 is 0 Å². The van der Waals surface area contributed by atoms with Crippen LogP contribution < -0.4 is 0 Å². The zero-order valence-corrected chi connectivity index (χ0v) is 14.2. The summed E-state index contributed by atoms with van der Waals surface area (Å²) in [5.41, 5.74) is 7.52. The van der Waals surface area contributed by atoms with Crippen molar-refractivity contribution in [3.8, 4) is 11.1 Å². The summed E-state index contributed by atoms with van der Waals surface area (Å²) < 4.78 is 0. The van der Waals surface area contributed by atoms with Crippen LogP contribution in [-0.4, -0.2) is 0 Å². The number of allylic oxidation sites excluding steroid dienone is 2. The van der Waals surface area contributed by atoms with Crippen molar-refractivity contribution in [1.29, 1.82) is 0 Å². The first-order chi connectivity index (χ1) is 11.8. The average molecular weight is 310 g/mol. The number of rotatable bonds is 4. The zero-order chi connectivity index (χ0) is 16.8. The van der Waals surface area contributed by atoms with Crippen LogP contribution in [0.4, 0.5) is 0 Å². The van der Waals surface area contributed by atoms with E-state index in [-0.39, 0.29) is 0 Å². The first-order valence-corrected chi connectivity index (χ1v) is 8.33. The second kappa shape index (κ2) is 7.61. The van der Waals surface area contributed by atoms with Crippen molar-refractivity contribution in [3.63, 3.8) is 0 Å². The lowest BCUT2D eigenvalue weighted by molar-refractivity contribution is 1.53. The molecule has 0 aliphatic heterocycles. The van der Waals surface area contributed by atoms with E-state index in [9.17, 15) is 0 Å². The van der Waals surface area contributed by atoms with Crippen molar-refractivity contribution in [3.05, 3.63) is 102 Å². The summed E-state index contributed by atoms with van der Waals surface area (Å²) in [6.45, 7) is 4.21. The van der Waals surface area contributed by atoms with Crippen molar-refractivity contribution in [2.24, 2.45) is 0 Å².